The summed E-state index contributed by atoms with van der Waals surface area (Å²) in [5.41, 5.74) is 0.889. The average molecular weight is 395 g/mol. The van der Waals surface area contributed by atoms with Gasteiger partial charge in [-0.1, -0.05) is 49.0 Å². The molecule has 144 valence electrons. The van der Waals surface area contributed by atoms with Crippen LogP contribution in [0.3, 0.4) is 0 Å². The van der Waals surface area contributed by atoms with Crippen molar-refractivity contribution < 1.29 is 9.59 Å². The fraction of sp³-hybridized carbons (Fsp3) is 0.238. The number of nitrogens with zero attached hydrogens (tertiary/aromatic N) is 2. The van der Waals surface area contributed by atoms with Crippen LogP contribution >= 0.6 is 11.8 Å². The summed E-state index contributed by atoms with van der Waals surface area (Å²) in [6.45, 7) is 3.94. The number of carbonyl (C=O) groups is 2. The van der Waals surface area contributed by atoms with Gasteiger partial charge in [-0.3, -0.25) is 24.3 Å². The van der Waals surface area contributed by atoms with Gasteiger partial charge in [0, 0.05) is 11.6 Å². The van der Waals surface area contributed by atoms with Crippen molar-refractivity contribution in [2.24, 2.45) is 0 Å². The Balaban J connectivity index is 1.80. The smallest absolute Gasteiger partial charge is 0.262 e. The van der Waals surface area contributed by atoms with Crippen molar-refractivity contribution in [3.63, 3.8) is 0 Å². The van der Waals surface area contributed by atoms with E-state index in [9.17, 15) is 14.4 Å². The normalized spacial score (nSPS) is 11.9. The summed E-state index contributed by atoms with van der Waals surface area (Å²) < 4.78 is 1.62. The molecule has 0 aliphatic carbocycles. The molecule has 2 aromatic carbocycles. The molecule has 0 bridgehead atoms. The molecule has 0 unspecified atom stereocenters. The Kier molecular flexibility index (Phi) is 6.26. The number of thioether (sulfide) groups is 1. The second-order valence-corrected chi connectivity index (χ2v) is 7.32. The predicted molar refractivity (Wildman–Crippen MR) is 111 cm³/mol. The molecule has 0 aliphatic rings. The molecule has 1 N–H and O–H groups in total. The third kappa shape index (κ3) is 4.31. The summed E-state index contributed by atoms with van der Waals surface area (Å²) in [6, 6.07) is 15.7. The van der Waals surface area contributed by atoms with Gasteiger partial charge in [0.2, 0.25) is 5.91 Å². The maximum Gasteiger partial charge on any atom is 0.262 e. The SMILES string of the molecule is CC[C@H](C)n1c(SCC(=O)NC(=O)c2ccccc2)nc2ccccc2c1=O. The number of rotatable bonds is 6. The van der Waals surface area contributed by atoms with Gasteiger partial charge in [-0.05, 0) is 37.6 Å². The summed E-state index contributed by atoms with van der Waals surface area (Å²) in [5, 5.41) is 3.39. The Hall–Kier alpha value is -2.93. The molecular formula is C21H21N3O3S. The van der Waals surface area contributed by atoms with Crippen molar-refractivity contribution in [1.82, 2.24) is 14.9 Å². The highest BCUT2D eigenvalue weighted by molar-refractivity contribution is 7.99. The Morgan fingerprint density at radius 3 is 2.50 bits per heavy atom. The summed E-state index contributed by atoms with van der Waals surface area (Å²) in [6.07, 6.45) is 0.756. The second kappa shape index (κ2) is 8.84. The number of imide groups is 1. The molecule has 7 heteroatoms. The van der Waals surface area contributed by atoms with Gasteiger partial charge in [0.05, 0.1) is 16.7 Å². The minimum Gasteiger partial charge on any atom is -0.292 e. The van der Waals surface area contributed by atoms with E-state index in [1.165, 1.54) is 0 Å². The molecule has 1 heterocycles. The van der Waals surface area contributed by atoms with Gasteiger partial charge < -0.3 is 0 Å². The Morgan fingerprint density at radius 1 is 1.11 bits per heavy atom. The van der Waals surface area contributed by atoms with Gasteiger partial charge in [-0.2, -0.15) is 0 Å². The molecule has 28 heavy (non-hydrogen) atoms. The van der Waals surface area contributed by atoms with Crippen LogP contribution in [0.25, 0.3) is 10.9 Å². The number of hydrogen-bond acceptors (Lipinski definition) is 5. The van der Waals surface area contributed by atoms with E-state index in [-0.39, 0.29) is 17.4 Å². The molecule has 1 atom stereocenters. The van der Waals surface area contributed by atoms with Gasteiger partial charge in [0.15, 0.2) is 5.16 Å². The quantitative estimate of drug-likeness (QED) is 0.511. The number of benzene rings is 2. The molecule has 2 amide bonds. The molecule has 6 nitrogen and oxygen atoms in total. The van der Waals surface area contributed by atoms with E-state index in [2.05, 4.69) is 10.3 Å². The number of amides is 2. The highest BCUT2D eigenvalue weighted by atomic mass is 32.2. The zero-order valence-corrected chi connectivity index (χ0v) is 16.5. The lowest BCUT2D eigenvalue weighted by Crippen LogP contribution is -2.32. The minimum atomic E-state index is -0.447. The molecule has 0 saturated heterocycles. The van der Waals surface area contributed by atoms with Gasteiger partial charge in [-0.25, -0.2) is 4.98 Å². The van der Waals surface area contributed by atoms with E-state index in [0.29, 0.717) is 21.6 Å². The monoisotopic (exact) mass is 395 g/mol. The van der Waals surface area contributed by atoms with Crippen LogP contribution in [0.2, 0.25) is 0 Å². The zero-order chi connectivity index (χ0) is 20.1. The first kappa shape index (κ1) is 19.8. The molecule has 3 aromatic rings. The molecule has 0 radical (unpaired) electrons. The maximum absolute atomic E-state index is 12.9. The lowest BCUT2D eigenvalue weighted by molar-refractivity contribution is -0.117. The Labute approximate surface area is 167 Å². The van der Waals surface area contributed by atoms with Crippen LogP contribution in [0.4, 0.5) is 0 Å². The Bertz CT molecular complexity index is 1060. The van der Waals surface area contributed by atoms with E-state index in [1.54, 1.807) is 47.0 Å². The standard InChI is InChI=1S/C21H21N3O3S/c1-3-14(2)24-20(27)16-11-7-8-12-17(16)22-21(24)28-13-18(25)23-19(26)15-9-5-4-6-10-15/h4-12,14H,3,13H2,1-2H3,(H,23,25,26)/t14-/m0/s1. The summed E-state index contributed by atoms with van der Waals surface area (Å²) >= 11 is 1.15. The minimum absolute atomic E-state index is 0.0141. The second-order valence-electron chi connectivity index (χ2n) is 6.38. The molecular weight excluding hydrogens is 374 g/mol. The maximum atomic E-state index is 12.9. The predicted octanol–water partition coefficient (Wildman–Crippen LogP) is 3.42. The van der Waals surface area contributed by atoms with E-state index in [1.807, 2.05) is 26.0 Å². The number of para-hydroxylation sites is 1. The average Bonchev–Trinajstić information content (AvgIpc) is 2.72. The van der Waals surface area contributed by atoms with Crippen molar-refractivity contribution in [2.45, 2.75) is 31.5 Å². The highest BCUT2D eigenvalue weighted by Gasteiger charge is 2.17. The van der Waals surface area contributed by atoms with Crippen molar-refractivity contribution in [1.29, 1.82) is 0 Å². The number of carbonyl (C=O) groups excluding carboxylic acids is 2. The van der Waals surface area contributed by atoms with Crippen LogP contribution in [-0.2, 0) is 4.79 Å². The van der Waals surface area contributed by atoms with Crippen molar-refractivity contribution in [3.05, 3.63) is 70.5 Å². The fourth-order valence-electron chi connectivity index (χ4n) is 2.75. The number of fused-ring (bicyclic) bond motifs is 1. The molecule has 3 rings (SSSR count). The molecule has 0 fully saturated rings. The summed E-state index contributed by atoms with van der Waals surface area (Å²) in [7, 11) is 0. The van der Waals surface area contributed by atoms with E-state index < -0.39 is 11.8 Å². The lowest BCUT2D eigenvalue weighted by atomic mass is 10.2. The molecule has 1 aromatic heterocycles. The number of hydrogen-bond donors (Lipinski definition) is 1. The van der Waals surface area contributed by atoms with Crippen molar-refractivity contribution in [2.75, 3.05) is 5.75 Å². The van der Waals surface area contributed by atoms with Gasteiger partial charge in [0.25, 0.3) is 11.5 Å². The first-order valence-corrected chi connectivity index (χ1v) is 10.0. The summed E-state index contributed by atoms with van der Waals surface area (Å²) in [4.78, 5) is 41.8. The number of nitrogens with one attached hydrogen (secondary N) is 1. The third-order valence-corrected chi connectivity index (χ3v) is 5.38. The van der Waals surface area contributed by atoms with Gasteiger partial charge in [0.1, 0.15) is 0 Å². The Morgan fingerprint density at radius 2 is 1.79 bits per heavy atom. The molecule has 0 saturated carbocycles. The van der Waals surface area contributed by atoms with Crippen LogP contribution in [0.1, 0.15) is 36.7 Å². The molecule has 0 aliphatic heterocycles. The van der Waals surface area contributed by atoms with E-state index in [0.717, 1.165) is 18.2 Å². The highest BCUT2D eigenvalue weighted by Crippen LogP contribution is 2.22. The van der Waals surface area contributed by atoms with E-state index in [4.69, 9.17) is 0 Å². The van der Waals surface area contributed by atoms with Gasteiger partial charge >= 0.3 is 0 Å². The van der Waals surface area contributed by atoms with Crippen LogP contribution in [0.5, 0.6) is 0 Å². The van der Waals surface area contributed by atoms with Crippen LogP contribution in [-0.4, -0.2) is 27.1 Å². The lowest BCUT2D eigenvalue weighted by Gasteiger charge is -2.18. The van der Waals surface area contributed by atoms with Crippen molar-refractivity contribution >= 4 is 34.5 Å². The van der Waals surface area contributed by atoms with Crippen LogP contribution in [0, 0.1) is 0 Å². The fourth-order valence-corrected chi connectivity index (χ4v) is 3.65. The first-order chi connectivity index (χ1) is 13.5. The van der Waals surface area contributed by atoms with E-state index >= 15 is 0 Å². The molecule has 0 spiro atoms. The van der Waals surface area contributed by atoms with Gasteiger partial charge in [-0.15, -0.1) is 0 Å². The van der Waals surface area contributed by atoms with Crippen LogP contribution in [0.15, 0.2) is 64.5 Å². The third-order valence-electron chi connectivity index (χ3n) is 4.43. The topological polar surface area (TPSA) is 81.1 Å². The van der Waals surface area contributed by atoms with Crippen molar-refractivity contribution in [3.8, 4) is 0 Å². The largest absolute Gasteiger partial charge is 0.292 e. The zero-order valence-electron chi connectivity index (χ0n) is 15.7. The number of aromatic nitrogens is 2. The van der Waals surface area contributed by atoms with Crippen LogP contribution < -0.4 is 10.9 Å². The summed E-state index contributed by atoms with van der Waals surface area (Å²) in [5.74, 6) is -0.895. The first-order valence-electron chi connectivity index (χ1n) is 9.04.